The van der Waals surface area contributed by atoms with Gasteiger partial charge in [-0.1, -0.05) is 17.7 Å². The average Bonchev–Trinajstić information content (AvgIpc) is 3.18. The van der Waals surface area contributed by atoms with Crippen LogP contribution in [0.3, 0.4) is 0 Å². The van der Waals surface area contributed by atoms with Gasteiger partial charge in [-0.15, -0.1) is 8.78 Å². The number of carbonyl (C=O) groups excluding carboxylic acids is 1. The molecule has 0 unspecified atom stereocenters. The number of hydrogen-bond acceptors (Lipinski definition) is 6. The normalized spacial score (nSPS) is 18.4. The van der Waals surface area contributed by atoms with Crippen LogP contribution in [0.25, 0.3) is 0 Å². The highest BCUT2D eigenvalue weighted by Crippen LogP contribution is 2.45. The molecule has 148 valence electrons. The zero-order valence-electron chi connectivity index (χ0n) is 14.7. The Labute approximate surface area is 163 Å². The monoisotopic (exact) mass is 412 g/mol. The molecule has 2 heterocycles. The molecule has 0 aliphatic carbocycles. The number of alkyl halides is 2. The molecule has 2 aromatic rings. The molecule has 1 atom stereocenters. The molecule has 9 heteroatoms. The summed E-state index contributed by atoms with van der Waals surface area (Å²) in [5.74, 6) is 0.436. The molecule has 0 saturated heterocycles. The number of benzene rings is 2. The minimum absolute atomic E-state index is 0.0628. The van der Waals surface area contributed by atoms with Crippen molar-refractivity contribution in [2.75, 3.05) is 13.7 Å². The molecule has 28 heavy (non-hydrogen) atoms. The van der Waals surface area contributed by atoms with Crippen molar-refractivity contribution in [2.45, 2.75) is 25.2 Å². The summed E-state index contributed by atoms with van der Waals surface area (Å²) in [5.41, 5.74) is 1.21. The van der Waals surface area contributed by atoms with Crippen LogP contribution in [0.15, 0.2) is 30.3 Å². The summed E-state index contributed by atoms with van der Waals surface area (Å²) >= 11 is 5.96. The molecule has 6 nitrogen and oxygen atoms in total. The van der Waals surface area contributed by atoms with Crippen molar-refractivity contribution in [1.82, 2.24) is 0 Å². The number of halogens is 3. The Balaban J connectivity index is 1.48. The Morgan fingerprint density at radius 1 is 1.25 bits per heavy atom. The molecule has 0 spiro atoms. The van der Waals surface area contributed by atoms with Gasteiger partial charge in [0.05, 0.1) is 20.1 Å². The van der Waals surface area contributed by atoms with E-state index in [-0.39, 0.29) is 41.4 Å². The Morgan fingerprint density at radius 2 is 2.07 bits per heavy atom. The molecule has 4 rings (SSSR count). The summed E-state index contributed by atoms with van der Waals surface area (Å²) in [7, 11) is 1.34. The first kappa shape index (κ1) is 18.6. The molecular weight excluding hydrogens is 398 g/mol. The van der Waals surface area contributed by atoms with Gasteiger partial charge in [-0.3, -0.25) is 4.79 Å². The minimum Gasteiger partial charge on any atom is -0.492 e. The van der Waals surface area contributed by atoms with Gasteiger partial charge in [-0.2, -0.15) is 0 Å². The van der Waals surface area contributed by atoms with Crippen LogP contribution in [0.1, 0.15) is 23.5 Å². The van der Waals surface area contributed by atoms with Crippen LogP contribution in [0.2, 0.25) is 5.02 Å². The van der Waals surface area contributed by atoms with Crippen molar-refractivity contribution < 1.29 is 37.3 Å². The fourth-order valence-corrected chi connectivity index (χ4v) is 3.38. The maximum Gasteiger partial charge on any atom is 0.586 e. The molecule has 0 fully saturated rings. The predicted octanol–water partition coefficient (Wildman–Crippen LogP) is 4.28. The highest BCUT2D eigenvalue weighted by molar-refractivity contribution is 6.30. The zero-order chi connectivity index (χ0) is 19.9. The van der Waals surface area contributed by atoms with Crippen LogP contribution in [-0.4, -0.2) is 26.0 Å². The van der Waals surface area contributed by atoms with Crippen LogP contribution in [-0.2, 0) is 16.1 Å². The first-order chi connectivity index (χ1) is 13.3. The second-order valence-electron chi connectivity index (χ2n) is 6.34. The van der Waals surface area contributed by atoms with E-state index >= 15 is 0 Å². The number of esters is 1. The predicted molar refractivity (Wildman–Crippen MR) is 93.3 cm³/mol. The van der Waals surface area contributed by atoms with E-state index in [0.29, 0.717) is 23.7 Å². The van der Waals surface area contributed by atoms with Gasteiger partial charge in [0.25, 0.3) is 0 Å². The highest BCUT2D eigenvalue weighted by atomic mass is 35.5. The smallest absolute Gasteiger partial charge is 0.492 e. The largest absolute Gasteiger partial charge is 0.586 e. The van der Waals surface area contributed by atoms with Crippen molar-refractivity contribution in [3.05, 3.63) is 46.5 Å². The van der Waals surface area contributed by atoms with Gasteiger partial charge in [-0.25, -0.2) is 0 Å². The van der Waals surface area contributed by atoms with Gasteiger partial charge in [0, 0.05) is 34.2 Å². The lowest BCUT2D eigenvalue weighted by molar-refractivity contribution is -0.287. The topological polar surface area (TPSA) is 63.2 Å². The Bertz CT molecular complexity index is 933. The first-order valence-electron chi connectivity index (χ1n) is 8.39. The van der Waals surface area contributed by atoms with Crippen molar-refractivity contribution in [1.29, 1.82) is 0 Å². The maximum absolute atomic E-state index is 13.3. The molecule has 0 amide bonds. The van der Waals surface area contributed by atoms with E-state index in [0.717, 1.165) is 5.56 Å². The number of rotatable bonds is 5. The Morgan fingerprint density at radius 3 is 2.86 bits per heavy atom. The van der Waals surface area contributed by atoms with Crippen LogP contribution in [0.4, 0.5) is 8.78 Å². The Hall–Kier alpha value is -2.74. The van der Waals surface area contributed by atoms with Gasteiger partial charge in [0.2, 0.25) is 0 Å². The molecule has 0 bridgehead atoms. The van der Waals surface area contributed by atoms with Crippen molar-refractivity contribution >= 4 is 17.6 Å². The van der Waals surface area contributed by atoms with Gasteiger partial charge < -0.3 is 23.7 Å². The van der Waals surface area contributed by atoms with E-state index in [1.807, 2.05) is 0 Å². The van der Waals surface area contributed by atoms with E-state index in [9.17, 15) is 13.6 Å². The number of methoxy groups -OCH3 is 1. The molecule has 2 aliphatic heterocycles. The molecule has 2 aliphatic rings. The highest BCUT2D eigenvalue weighted by Gasteiger charge is 2.44. The maximum atomic E-state index is 13.3. The van der Waals surface area contributed by atoms with Crippen molar-refractivity contribution in [3.63, 3.8) is 0 Å². The van der Waals surface area contributed by atoms with E-state index in [1.165, 1.54) is 19.2 Å². The quantitative estimate of drug-likeness (QED) is 0.683. The molecule has 0 aromatic heterocycles. The van der Waals surface area contributed by atoms with Crippen molar-refractivity contribution in [2.24, 2.45) is 0 Å². The lowest BCUT2D eigenvalue weighted by Crippen LogP contribution is -2.26. The van der Waals surface area contributed by atoms with Crippen LogP contribution in [0.5, 0.6) is 23.0 Å². The summed E-state index contributed by atoms with van der Waals surface area (Å²) in [6, 6.07) is 7.94. The van der Waals surface area contributed by atoms with Gasteiger partial charge in [0.15, 0.2) is 11.5 Å². The summed E-state index contributed by atoms with van der Waals surface area (Å²) in [5, 5.41) is 0.224. The fraction of sp³-hybridized carbons (Fsp3) is 0.316. The molecule has 0 N–H and O–H groups in total. The summed E-state index contributed by atoms with van der Waals surface area (Å²) in [4.78, 5) is 11.5. The third kappa shape index (κ3) is 3.64. The summed E-state index contributed by atoms with van der Waals surface area (Å²) < 4.78 is 51.6. The molecule has 2 aromatic carbocycles. The van der Waals surface area contributed by atoms with E-state index in [2.05, 4.69) is 9.47 Å². The number of ether oxygens (including phenoxy) is 5. The fourth-order valence-electron chi connectivity index (χ4n) is 3.15. The lowest BCUT2D eigenvalue weighted by atomic mass is 9.98. The summed E-state index contributed by atoms with van der Waals surface area (Å²) in [6.07, 6.45) is -3.51. The third-order valence-corrected chi connectivity index (χ3v) is 4.66. The molecule has 0 saturated carbocycles. The first-order valence-corrected chi connectivity index (χ1v) is 8.77. The number of hydrogen-bond donors (Lipinski definition) is 0. The molecular formula is C19H15ClF2O6. The van der Waals surface area contributed by atoms with Gasteiger partial charge in [0.1, 0.15) is 18.1 Å². The van der Waals surface area contributed by atoms with Gasteiger partial charge in [-0.05, 0) is 12.1 Å². The Kier molecular flexibility index (Phi) is 4.66. The van der Waals surface area contributed by atoms with Crippen LogP contribution >= 0.6 is 11.6 Å². The van der Waals surface area contributed by atoms with Gasteiger partial charge >= 0.3 is 12.3 Å². The lowest BCUT2D eigenvalue weighted by Gasteiger charge is -2.11. The standard InChI is InChI=1S/C19H15ClF2O6/c1-24-17(23)5-10-8-26-15-7-13(2-3-14(10)15)25-9-11-4-12(20)6-16-18(11)28-19(21,22)27-16/h2-4,6-7,10H,5,8-9H2,1H3/t10-/m1/s1. The second kappa shape index (κ2) is 7.01. The summed E-state index contributed by atoms with van der Waals surface area (Å²) in [6.45, 7) is 0.308. The molecule has 0 radical (unpaired) electrons. The second-order valence-corrected chi connectivity index (χ2v) is 6.77. The van der Waals surface area contributed by atoms with E-state index in [1.54, 1.807) is 18.2 Å². The number of fused-ring (bicyclic) bond motifs is 2. The zero-order valence-corrected chi connectivity index (χ0v) is 15.4. The third-order valence-electron chi connectivity index (χ3n) is 4.45. The SMILES string of the molecule is COC(=O)C[C@@H]1COc2cc(OCc3cc(Cl)cc4c3OC(F)(F)O4)ccc21. The van der Waals surface area contributed by atoms with Crippen LogP contribution in [0, 0.1) is 0 Å². The number of carbonyl (C=O) groups is 1. The minimum atomic E-state index is -3.74. The average molecular weight is 413 g/mol. The van der Waals surface area contributed by atoms with Crippen molar-refractivity contribution in [3.8, 4) is 23.0 Å². The van der Waals surface area contributed by atoms with E-state index in [4.69, 9.17) is 25.8 Å². The van der Waals surface area contributed by atoms with E-state index < -0.39 is 6.29 Å². The van der Waals surface area contributed by atoms with Crippen LogP contribution < -0.4 is 18.9 Å².